The summed E-state index contributed by atoms with van der Waals surface area (Å²) < 4.78 is 5.70. The van der Waals surface area contributed by atoms with Gasteiger partial charge in [-0.1, -0.05) is 42.8 Å². The number of amidine groups is 1. The predicted octanol–water partition coefficient (Wildman–Crippen LogP) is 3.77. The van der Waals surface area contributed by atoms with Crippen LogP contribution in [0.4, 0.5) is 0 Å². The Bertz CT molecular complexity index is 608. The van der Waals surface area contributed by atoms with Crippen molar-refractivity contribution in [2.24, 2.45) is 5.73 Å². The van der Waals surface area contributed by atoms with E-state index in [1.165, 1.54) is 5.56 Å². The van der Waals surface area contributed by atoms with Gasteiger partial charge in [-0.2, -0.15) is 0 Å². The molecular weight excluding hydrogens is 272 g/mol. The average Bonchev–Trinajstić information content (AvgIpc) is 2.46. The molecule has 0 aliphatic carbocycles. The van der Waals surface area contributed by atoms with Gasteiger partial charge in [0.05, 0.1) is 0 Å². The summed E-state index contributed by atoms with van der Waals surface area (Å²) >= 11 is 6.16. The van der Waals surface area contributed by atoms with Gasteiger partial charge in [0.1, 0.15) is 18.2 Å². The van der Waals surface area contributed by atoms with Gasteiger partial charge in [-0.3, -0.25) is 5.41 Å². The highest BCUT2D eigenvalue weighted by molar-refractivity contribution is 6.31. The molecule has 3 N–H and O–H groups in total. The Morgan fingerprint density at radius 2 is 1.90 bits per heavy atom. The van der Waals surface area contributed by atoms with Crippen LogP contribution in [0.5, 0.6) is 5.75 Å². The van der Waals surface area contributed by atoms with Crippen molar-refractivity contribution in [1.82, 2.24) is 0 Å². The van der Waals surface area contributed by atoms with Crippen molar-refractivity contribution in [3.63, 3.8) is 0 Å². The van der Waals surface area contributed by atoms with Gasteiger partial charge in [-0.05, 0) is 30.2 Å². The minimum absolute atomic E-state index is 0.00882. The smallest absolute Gasteiger partial charge is 0.122 e. The largest absolute Gasteiger partial charge is 0.489 e. The zero-order chi connectivity index (χ0) is 14.5. The number of benzene rings is 2. The molecule has 0 atom stereocenters. The van der Waals surface area contributed by atoms with Gasteiger partial charge in [0.25, 0.3) is 0 Å². The van der Waals surface area contributed by atoms with E-state index in [1.54, 1.807) is 12.1 Å². The van der Waals surface area contributed by atoms with Crippen LogP contribution in [0, 0.1) is 5.41 Å². The zero-order valence-electron chi connectivity index (χ0n) is 11.3. The summed E-state index contributed by atoms with van der Waals surface area (Å²) in [5.41, 5.74) is 8.19. The van der Waals surface area contributed by atoms with Crippen molar-refractivity contribution < 1.29 is 4.74 Å². The molecule has 2 aromatic carbocycles. The lowest BCUT2D eigenvalue weighted by atomic mass is 10.1. The molecule has 4 heteroatoms. The molecule has 104 valence electrons. The van der Waals surface area contributed by atoms with Gasteiger partial charge in [0.15, 0.2) is 0 Å². The molecular formula is C16H17ClN2O. The van der Waals surface area contributed by atoms with E-state index in [9.17, 15) is 0 Å². The fourth-order valence-electron chi connectivity index (χ4n) is 1.81. The first kappa shape index (κ1) is 14.4. The Morgan fingerprint density at radius 3 is 2.45 bits per heavy atom. The molecule has 0 saturated carbocycles. The fourth-order valence-corrected chi connectivity index (χ4v) is 2.05. The van der Waals surface area contributed by atoms with E-state index in [0.717, 1.165) is 17.7 Å². The lowest BCUT2D eigenvalue weighted by Crippen LogP contribution is -2.11. The molecule has 2 aromatic rings. The molecule has 0 aromatic heterocycles. The van der Waals surface area contributed by atoms with Crippen molar-refractivity contribution in [1.29, 1.82) is 5.41 Å². The maximum atomic E-state index is 7.37. The molecule has 0 heterocycles. The van der Waals surface area contributed by atoms with Gasteiger partial charge >= 0.3 is 0 Å². The molecule has 0 aliphatic rings. The van der Waals surface area contributed by atoms with Crippen molar-refractivity contribution in [2.45, 2.75) is 20.0 Å². The second kappa shape index (κ2) is 6.44. The van der Waals surface area contributed by atoms with Crippen LogP contribution in [-0.4, -0.2) is 5.84 Å². The van der Waals surface area contributed by atoms with Crippen LogP contribution in [0.25, 0.3) is 0 Å². The third kappa shape index (κ3) is 3.52. The maximum Gasteiger partial charge on any atom is 0.122 e. The summed E-state index contributed by atoms with van der Waals surface area (Å²) in [6.45, 7) is 2.51. The van der Waals surface area contributed by atoms with E-state index in [2.05, 4.69) is 19.1 Å². The number of aryl methyl sites for hydroxylation is 1. The molecule has 20 heavy (non-hydrogen) atoms. The zero-order valence-corrected chi connectivity index (χ0v) is 12.1. The van der Waals surface area contributed by atoms with Gasteiger partial charge in [0, 0.05) is 16.1 Å². The second-order valence-corrected chi connectivity index (χ2v) is 4.91. The van der Waals surface area contributed by atoms with E-state index in [-0.39, 0.29) is 5.84 Å². The van der Waals surface area contributed by atoms with Gasteiger partial charge < -0.3 is 10.5 Å². The van der Waals surface area contributed by atoms with E-state index in [4.69, 9.17) is 27.5 Å². The third-order valence-corrected chi connectivity index (χ3v) is 3.44. The molecule has 3 nitrogen and oxygen atoms in total. The summed E-state index contributed by atoms with van der Waals surface area (Å²) in [5.74, 6) is 0.823. The molecule has 0 radical (unpaired) electrons. The van der Waals surface area contributed by atoms with Crippen LogP contribution < -0.4 is 10.5 Å². The number of nitrogen functional groups attached to an aromatic ring is 1. The summed E-state index contributed by atoms with van der Waals surface area (Å²) in [6.07, 6.45) is 1.01. The van der Waals surface area contributed by atoms with Crippen molar-refractivity contribution in [2.75, 3.05) is 0 Å². The molecule has 0 spiro atoms. The number of hydrogen-bond donors (Lipinski definition) is 2. The Hall–Kier alpha value is -2.00. The number of halogens is 1. The summed E-state index contributed by atoms with van der Waals surface area (Å²) in [4.78, 5) is 0. The quantitative estimate of drug-likeness (QED) is 0.650. The first-order chi connectivity index (χ1) is 9.60. The van der Waals surface area contributed by atoms with E-state index in [1.807, 2.05) is 18.2 Å². The first-order valence-electron chi connectivity index (χ1n) is 6.44. The third-order valence-electron chi connectivity index (χ3n) is 3.09. The lowest BCUT2D eigenvalue weighted by molar-refractivity contribution is 0.306. The summed E-state index contributed by atoms with van der Waals surface area (Å²) in [5, 5.41) is 7.92. The predicted molar refractivity (Wildman–Crippen MR) is 82.6 cm³/mol. The van der Waals surface area contributed by atoms with Crippen LogP contribution >= 0.6 is 11.6 Å². The lowest BCUT2D eigenvalue weighted by Gasteiger charge is -2.09. The Kier molecular flexibility index (Phi) is 4.64. The Morgan fingerprint density at radius 1 is 1.20 bits per heavy atom. The number of rotatable bonds is 5. The van der Waals surface area contributed by atoms with Gasteiger partial charge in [0.2, 0.25) is 0 Å². The molecule has 0 aliphatic heterocycles. The van der Waals surface area contributed by atoms with Crippen molar-refractivity contribution in [3.05, 3.63) is 64.2 Å². The molecule has 0 fully saturated rings. The monoisotopic (exact) mass is 288 g/mol. The second-order valence-electron chi connectivity index (χ2n) is 4.51. The van der Waals surface area contributed by atoms with Gasteiger partial charge in [-0.15, -0.1) is 0 Å². The minimum atomic E-state index is 0.00882. The van der Waals surface area contributed by atoms with Crippen LogP contribution in [-0.2, 0) is 13.0 Å². The first-order valence-corrected chi connectivity index (χ1v) is 6.82. The molecule has 0 bridgehead atoms. The number of hydrogen-bond acceptors (Lipinski definition) is 2. The number of ether oxygens (including phenoxy) is 1. The van der Waals surface area contributed by atoms with E-state index >= 15 is 0 Å². The maximum absolute atomic E-state index is 7.37. The Balaban J connectivity index is 2.04. The summed E-state index contributed by atoms with van der Waals surface area (Å²) in [7, 11) is 0. The molecule has 0 saturated heterocycles. The van der Waals surface area contributed by atoms with Crippen LogP contribution in [0.15, 0.2) is 42.5 Å². The normalized spacial score (nSPS) is 10.3. The number of nitrogens with two attached hydrogens (primary N) is 1. The highest BCUT2D eigenvalue weighted by Gasteiger charge is 2.05. The Labute approximate surface area is 123 Å². The van der Waals surface area contributed by atoms with Crippen molar-refractivity contribution >= 4 is 17.4 Å². The summed E-state index contributed by atoms with van der Waals surface area (Å²) in [6, 6.07) is 13.3. The number of nitrogens with one attached hydrogen (secondary N) is 1. The van der Waals surface area contributed by atoms with Crippen LogP contribution in [0.2, 0.25) is 5.02 Å². The highest BCUT2D eigenvalue weighted by atomic mass is 35.5. The average molecular weight is 289 g/mol. The molecule has 2 rings (SSSR count). The van der Waals surface area contributed by atoms with Gasteiger partial charge in [-0.25, -0.2) is 0 Å². The fraction of sp³-hybridized carbons (Fsp3) is 0.188. The standard InChI is InChI=1S/C16H17ClN2O/c1-2-11-3-7-14(8-4-11)20-10-13-6-5-12(16(18)19)9-15(13)17/h3-9H,2,10H2,1H3,(H3,18,19). The van der Waals surface area contributed by atoms with E-state index < -0.39 is 0 Å². The van der Waals surface area contributed by atoms with Crippen molar-refractivity contribution in [3.8, 4) is 5.75 Å². The highest BCUT2D eigenvalue weighted by Crippen LogP contribution is 2.20. The molecule has 0 amide bonds. The minimum Gasteiger partial charge on any atom is -0.489 e. The topological polar surface area (TPSA) is 59.1 Å². The molecule has 0 unspecified atom stereocenters. The van der Waals surface area contributed by atoms with Crippen LogP contribution in [0.1, 0.15) is 23.6 Å². The SMILES string of the molecule is CCc1ccc(OCc2ccc(C(=N)N)cc2Cl)cc1. The van der Waals surface area contributed by atoms with E-state index in [0.29, 0.717) is 17.2 Å². The van der Waals surface area contributed by atoms with Crippen LogP contribution in [0.3, 0.4) is 0 Å².